The van der Waals surface area contributed by atoms with Crippen molar-refractivity contribution in [1.82, 2.24) is 0 Å². The van der Waals surface area contributed by atoms with Crippen molar-refractivity contribution in [2.45, 2.75) is 64.9 Å². The predicted molar refractivity (Wildman–Crippen MR) is 64.5 cm³/mol. The molecular weight excluding hydrogens is 216 g/mol. The van der Waals surface area contributed by atoms with Crippen LogP contribution in [-0.4, -0.2) is 17.4 Å². The number of Topliss-reactive ketones (excluding diaryl/α,β-unsaturated/α-hetero) is 1. The van der Waals surface area contributed by atoms with E-state index in [0.29, 0.717) is 24.5 Å². The number of esters is 1. The summed E-state index contributed by atoms with van der Waals surface area (Å²) in [5, 5.41) is 0. The second-order valence-electron chi connectivity index (χ2n) is 6.47. The number of hydrogen-bond donors (Lipinski definition) is 0. The molecule has 0 aliphatic heterocycles. The molecule has 0 saturated heterocycles. The van der Waals surface area contributed by atoms with Crippen LogP contribution < -0.4 is 0 Å². The molecular formula is C14H22O3. The molecule has 0 aromatic rings. The van der Waals surface area contributed by atoms with Gasteiger partial charge in [-0.25, -0.2) is 0 Å². The van der Waals surface area contributed by atoms with Crippen LogP contribution in [0.4, 0.5) is 0 Å². The lowest BCUT2D eigenvalue weighted by Gasteiger charge is -2.31. The Morgan fingerprint density at radius 3 is 2.18 bits per heavy atom. The van der Waals surface area contributed by atoms with E-state index in [1.54, 1.807) is 0 Å². The second-order valence-corrected chi connectivity index (χ2v) is 6.47. The molecule has 0 unspecified atom stereocenters. The Morgan fingerprint density at radius 1 is 1.24 bits per heavy atom. The van der Waals surface area contributed by atoms with Gasteiger partial charge < -0.3 is 4.74 Å². The Labute approximate surface area is 103 Å². The number of carbonyl (C=O) groups is 2. The molecule has 0 aromatic heterocycles. The van der Waals surface area contributed by atoms with Crippen LogP contribution in [0.2, 0.25) is 0 Å². The molecule has 0 aromatic carbocycles. The highest BCUT2D eigenvalue weighted by Crippen LogP contribution is 2.57. The van der Waals surface area contributed by atoms with E-state index in [9.17, 15) is 9.59 Å². The zero-order valence-electron chi connectivity index (χ0n) is 11.0. The van der Waals surface area contributed by atoms with Crippen LogP contribution in [0.1, 0.15) is 59.3 Å². The van der Waals surface area contributed by atoms with Crippen molar-refractivity contribution in [3.63, 3.8) is 0 Å². The molecule has 3 nitrogen and oxygen atoms in total. The van der Waals surface area contributed by atoms with E-state index >= 15 is 0 Å². The third-order valence-electron chi connectivity index (χ3n) is 3.92. The largest absolute Gasteiger partial charge is 0.460 e. The summed E-state index contributed by atoms with van der Waals surface area (Å²) in [6.07, 6.45) is 4.93. The topological polar surface area (TPSA) is 43.4 Å². The summed E-state index contributed by atoms with van der Waals surface area (Å²) in [6, 6.07) is 0. The highest BCUT2D eigenvalue weighted by molar-refractivity contribution is 5.82. The smallest absolute Gasteiger partial charge is 0.312 e. The molecule has 2 saturated carbocycles. The van der Waals surface area contributed by atoms with Gasteiger partial charge in [0, 0.05) is 12.8 Å². The van der Waals surface area contributed by atoms with Gasteiger partial charge in [0.05, 0.1) is 5.41 Å². The molecule has 0 heterocycles. The van der Waals surface area contributed by atoms with Gasteiger partial charge in [0.25, 0.3) is 0 Å². The summed E-state index contributed by atoms with van der Waals surface area (Å²) in [6.45, 7) is 5.72. The van der Waals surface area contributed by atoms with Gasteiger partial charge in [-0.05, 0) is 52.4 Å². The first-order valence-electron chi connectivity index (χ1n) is 6.59. The maximum Gasteiger partial charge on any atom is 0.312 e. The summed E-state index contributed by atoms with van der Waals surface area (Å²) in [5.74, 6) is 0.681. The van der Waals surface area contributed by atoms with E-state index < -0.39 is 5.60 Å². The van der Waals surface area contributed by atoms with Gasteiger partial charge in [-0.1, -0.05) is 0 Å². The number of ether oxygens (including phenoxy) is 1. The van der Waals surface area contributed by atoms with E-state index in [0.717, 1.165) is 25.7 Å². The molecule has 0 N–H and O–H groups in total. The van der Waals surface area contributed by atoms with Crippen LogP contribution in [-0.2, 0) is 14.3 Å². The molecule has 96 valence electrons. The van der Waals surface area contributed by atoms with Crippen molar-refractivity contribution in [2.24, 2.45) is 11.3 Å². The van der Waals surface area contributed by atoms with Crippen molar-refractivity contribution in [1.29, 1.82) is 0 Å². The van der Waals surface area contributed by atoms with Gasteiger partial charge >= 0.3 is 5.97 Å². The van der Waals surface area contributed by atoms with E-state index in [4.69, 9.17) is 4.74 Å². The van der Waals surface area contributed by atoms with E-state index in [1.165, 1.54) is 0 Å². The Bertz CT molecular complexity index is 324. The van der Waals surface area contributed by atoms with Crippen LogP contribution in [0.5, 0.6) is 0 Å². The lowest BCUT2D eigenvalue weighted by molar-refractivity contribution is -0.165. The average molecular weight is 238 g/mol. The molecule has 0 atom stereocenters. The quantitative estimate of drug-likeness (QED) is 0.695. The number of carbonyl (C=O) groups excluding carboxylic acids is 2. The fourth-order valence-corrected chi connectivity index (χ4v) is 2.79. The summed E-state index contributed by atoms with van der Waals surface area (Å²) in [4.78, 5) is 23.5. The fourth-order valence-electron chi connectivity index (χ4n) is 2.79. The lowest BCUT2D eigenvalue weighted by Crippen LogP contribution is -2.35. The van der Waals surface area contributed by atoms with E-state index in [-0.39, 0.29) is 11.4 Å². The molecule has 17 heavy (non-hydrogen) atoms. The second kappa shape index (κ2) is 4.11. The van der Waals surface area contributed by atoms with Crippen molar-refractivity contribution in [3.8, 4) is 0 Å². The molecule has 0 spiro atoms. The third-order valence-corrected chi connectivity index (χ3v) is 3.92. The van der Waals surface area contributed by atoms with Crippen LogP contribution in [0.25, 0.3) is 0 Å². The van der Waals surface area contributed by atoms with Crippen molar-refractivity contribution >= 4 is 11.8 Å². The van der Waals surface area contributed by atoms with E-state index in [1.807, 2.05) is 20.8 Å². The van der Waals surface area contributed by atoms with Crippen LogP contribution in [0.3, 0.4) is 0 Å². The Kier molecular flexibility index (Phi) is 3.04. The minimum absolute atomic E-state index is 0.0376. The average Bonchev–Trinajstić information content (AvgIpc) is 2.97. The van der Waals surface area contributed by atoms with Gasteiger partial charge in [0.2, 0.25) is 0 Å². The standard InChI is InChI=1S/C14H22O3/c1-13(2,3)17-12(16)14(8-9-14)10-4-6-11(15)7-5-10/h10H,4-9H2,1-3H3. The van der Waals surface area contributed by atoms with Crippen molar-refractivity contribution in [2.75, 3.05) is 0 Å². The summed E-state index contributed by atoms with van der Waals surface area (Å²) in [7, 11) is 0. The Hall–Kier alpha value is -0.860. The van der Waals surface area contributed by atoms with Gasteiger partial charge in [-0.2, -0.15) is 0 Å². The molecule has 2 rings (SSSR count). The van der Waals surface area contributed by atoms with Crippen LogP contribution >= 0.6 is 0 Å². The SMILES string of the molecule is CC(C)(C)OC(=O)C1(C2CCC(=O)CC2)CC1. The van der Waals surface area contributed by atoms with Crippen LogP contribution in [0, 0.1) is 11.3 Å². The van der Waals surface area contributed by atoms with Gasteiger partial charge in [0.1, 0.15) is 11.4 Å². The van der Waals surface area contributed by atoms with Crippen LogP contribution in [0.15, 0.2) is 0 Å². The fraction of sp³-hybridized carbons (Fsp3) is 0.857. The monoisotopic (exact) mass is 238 g/mol. The highest BCUT2D eigenvalue weighted by atomic mass is 16.6. The highest BCUT2D eigenvalue weighted by Gasteiger charge is 2.57. The maximum absolute atomic E-state index is 12.2. The minimum Gasteiger partial charge on any atom is -0.460 e. The molecule has 0 radical (unpaired) electrons. The lowest BCUT2D eigenvalue weighted by atomic mass is 9.77. The zero-order chi connectivity index (χ0) is 12.7. The Balaban J connectivity index is 1.99. The predicted octanol–water partition coefficient (Wildman–Crippen LogP) is 2.87. The molecule has 2 fully saturated rings. The maximum atomic E-state index is 12.2. The number of hydrogen-bond acceptors (Lipinski definition) is 3. The van der Waals surface area contributed by atoms with Gasteiger partial charge in [-0.3, -0.25) is 9.59 Å². The first-order chi connectivity index (χ1) is 7.83. The first kappa shape index (κ1) is 12.6. The third kappa shape index (κ3) is 2.70. The zero-order valence-corrected chi connectivity index (χ0v) is 11.0. The molecule has 0 bridgehead atoms. The molecule has 3 heteroatoms. The van der Waals surface area contributed by atoms with Gasteiger partial charge in [-0.15, -0.1) is 0 Å². The summed E-state index contributed by atoms with van der Waals surface area (Å²) in [5.41, 5.74) is -0.648. The molecule has 0 amide bonds. The summed E-state index contributed by atoms with van der Waals surface area (Å²) >= 11 is 0. The normalized spacial score (nSPS) is 24.5. The van der Waals surface area contributed by atoms with Crippen molar-refractivity contribution in [3.05, 3.63) is 0 Å². The summed E-state index contributed by atoms with van der Waals surface area (Å²) < 4.78 is 5.52. The van der Waals surface area contributed by atoms with E-state index in [2.05, 4.69) is 0 Å². The van der Waals surface area contributed by atoms with Gasteiger partial charge in [0.15, 0.2) is 0 Å². The minimum atomic E-state index is -0.406. The van der Waals surface area contributed by atoms with Crippen molar-refractivity contribution < 1.29 is 14.3 Å². The number of ketones is 1. The first-order valence-corrected chi connectivity index (χ1v) is 6.59. The number of rotatable bonds is 2. The molecule has 2 aliphatic carbocycles. The molecule has 2 aliphatic rings. The Morgan fingerprint density at radius 2 is 1.76 bits per heavy atom.